The van der Waals surface area contributed by atoms with Crippen molar-refractivity contribution < 1.29 is 23.7 Å². The third-order valence-corrected chi connectivity index (χ3v) is 9.72. The third-order valence-electron chi connectivity index (χ3n) is 7.98. The molecule has 224 valence electrons. The number of carbonyl (C=O) groups is 1. The van der Waals surface area contributed by atoms with Crippen LogP contribution in [0.4, 0.5) is 10.3 Å². The summed E-state index contributed by atoms with van der Waals surface area (Å²) in [6.45, 7) is 0.148. The fourth-order valence-corrected chi connectivity index (χ4v) is 7.37. The molecule has 44 heavy (non-hydrogen) atoms. The molecule has 1 aromatic carbocycles. The number of methoxy groups -OCH3 is 2. The fraction of sp³-hybridized carbons (Fsp3) is 0.258. The van der Waals surface area contributed by atoms with Crippen molar-refractivity contribution in [3.05, 3.63) is 93.2 Å². The van der Waals surface area contributed by atoms with Crippen molar-refractivity contribution in [1.82, 2.24) is 19.9 Å². The summed E-state index contributed by atoms with van der Waals surface area (Å²) in [6.07, 6.45) is 8.65. The molecule has 0 radical (unpaired) electrons. The number of benzene rings is 1. The lowest BCUT2D eigenvalue weighted by molar-refractivity contribution is -0.118. The molecular formula is C31H28N6O5S2. The number of anilines is 2. The van der Waals surface area contributed by atoms with E-state index in [9.17, 15) is 4.79 Å². The summed E-state index contributed by atoms with van der Waals surface area (Å²) in [4.78, 5) is 33.8. The van der Waals surface area contributed by atoms with E-state index < -0.39 is 5.41 Å². The number of aromatic nitrogens is 4. The molecule has 13 heteroatoms. The van der Waals surface area contributed by atoms with Crippen LogP contribution in [0.2, 0.25) is 0 Å². The molecule has 2 aliphatic rings. The molecule has 0 bridgehead atoms. The van der Waals surface area contributed by atoms with Crippen LogP contribution in [0.5, 0.6) is 23.3 Å². The molecule has 4 aromatic heterocycles. The first-order valence-corrected chi connectivity index (χ1v) is 15.5. The van der Waals surface area contributed by atoms with Crippen LogP contribution in [-0.2, 0) is 23.1 Å². The average Bonchev–Trinajstić information content (AvgIpc) is 3.33. The highest BCUT2D eigenvalue weighted by molar-refractivity contribution is 7.15. The molecule has 7 rings (SSSR count). The summed E-state index contributed by atoms with van der Waals surface area (Å²) in [5, 5.41) is 4.14. The Hall–Kier alpha value is -4.75. The number of carbonyl (C=O) groups excluding carboxylic acids is 1. The first-order chi connectivity index (χ1) is 21.5. The number of pyridine rings is 2. The molecule has 1 aliphatic carbocycles. The van der Waals surface area contributed by atoms with E-state index in [1.54, 1.807) is 39.0 Å². The number of thiazole rings is 2. The van der Waals surface area contributed by atoms with Gasteiger partial charge in [-0.05, 0) is 41.8 Å². The first-order valence-electron chi connectivity index (χ1n) is 13.8. The Bertz CT molecular complexity index is 1860. The average molecular weight is 629 g/mol. The predicted molar refractivity (Wildman–Crippen MR) is 166 cm³/mol. The Morgan fingerprint density at radius 2 is 1.77 bits per heavy atom. The molecule has 1 aliphatic heterocycles. The Balaban J connectivity index is 1.22. The van der Waals surface area contributed by atoms with Gasteiger partial charge in [0.1, 0.15) is 0 Å². The van der Waals surface area contributed by atoms with Crippen molar-refractivity contribution in [2.24, 2.45) is 0 Å². The van der Waals surface area contributed by atoms with Crippen LogP contribution in [0, 0.1) is 0 Å². The van der Waals surface area contributed by atoms with Gasteiger partial charge in [0.05, 0.1) is 19.6 Å². The Morgan fingerprint density at radius 1 is 0.977 bits per heavy atom. The number of ether oxygens (including phenoxy) is 4. The van der Waals surface area contributed by atoms with Crippen molar-refractivity contribution in [2.45, 2.75) is 30.6 Å². The fourth-order valence-electron chi connectivity index (χ4n) is 5.85. The van der Waals surface area contributed by atoms with Crippen molar-refractivity contribution in [2.75, 3.05) is 32.1 Å². The van der Waals surface area contributed by atoms with Gasteiger partial charge in [0, 0.05) is 64.4 Å². The Labute approximate surface area is 261 Å². The lowest BCUT2D eigenvalue weighted by Crippen LogP contribution is -2.29. The third kappa shape index (κ3) is 5.07. The van der Waals surface area contributed by atoms with E-state index >= 15 is 0 Å². The number of nitrogens with one attached hydrogen (secondary N) is 1. The van der Waals surface area contributed by atoms with Gasteiger partial charge in [-0.2, -0.15) is 0 Å². The second-order valence-corrected chi connectivity index (χ2v) is 12.7. The van der Waals surface area contributed by atoms with Crippen LogP contribution in [-0.4, -0.2) is 46.9 Å². The molecule has 1 saturated carbocycles. The molecule has 2 atom stereocenters. The largest absolute Gasteiger partial charge is 0.481 e. The molecule has 1 amide bonds. The Morgan fingerprint density at radius 3 is 2.59 bits per heavy atom. The lowest BCUT2D eigenvalue weighted by atomic mass is 9.88. The summed E-state index contributed by atoms with van der Waals surface area (Å²) in [6, 6.07) is 11.5. The minimum Gasteiger partial charge on any atom is -0.481 e. The molecular weight excluding hydrogens is 601 g/mol. The highest BCUT2D eigenvalue weighted by Gasteiger charge is 2.62. The highest BCUT2D eigenvalue weighted by Crippen LogP contribution is 2.63. The normalized spacial score (nSPS) is 18.2. The smallest absolute Gasteiger partial charge is 0.237 e. The molecule has 1 fully saturated rings. The summed E-state index contributed by atoms with van der Waals surface area (Å²) in [7, 11) is 3.20. The van der Waals surface area contributed by atoms with Crippen LogP contribution in [0.3, 0.4) is 0 Å². The zero-order valence-electron chi connectivity index (χ0n) is 23.9. The summed E-state index contributed by atoms with van der Waals surface area (Å²) < 4.78 is 22.3. The number of amides is 1. The minimum absolute atomic E-state index is 0.148. The molecule has 5 aromatic rings. The van der Waals surface area contributed by atoms with Gasteiger partial charge in [-0.3, -0.25) is 4.79 Å². The molecule has 11 nitrogen and oxygen atoms in total. The zero-order valence-corrected chi connectivity index (χ0v) is 25.5. The van der Waals surface area contributed by atoms with Gasteiger partial charge in [0.25, 0.3) is 0 Å². The number of hydrogen-bond donors (Lipinski definition) is 2. The van der Waals surface area contributed by atoms with E-state index in [0.717, 1.165) is 32.0 Å². The van der Waals surface area contributed by atoms with Crippen LogP contribution in [0.1, 0.15) is 44.3 Å². The van der Waals surface area contributed by atoms with Crippen molar-refractivity contribution in [3.63, 3.8) is 0 Å². The standard InChI is InChI=1S/C31H28N6O5S2/c1-39-26-17(4-3-8-33-26)10-19-15-36-30(44-19)37-28(38)31(18-5-6-24-25(11-18)42-16-41-24)13-23(31)21-7-9-34-27(40-2)22(21)12-20-14-35-29(32)43-20/h3-9,11,14-15,23H,10,12-13,16H2,1-2H3,(H2,32,35)(H,36,37,38). The lowest BCUT2D eigenvalue weighted by Gasteiger charge is -2.20. The number of hydrogen-bond acceptors (Lipinski definition) is 12. The van der Waals surface area contributed by atoms with E-state index in [2.05, 4.69) is 25.3 Å². The van der Waals surface area contributed by atoms with Crippen molar-refractivity contribution in [3.8, 4) is 23.3 Å². The summed E-state index contributed by atoms with van der Waals surface area (Å²) in [5.74, 6) is 2.06. The Kier molecular flexibility index (Phi) is 7.26. The molecule has 0 spiro atoms. The predicted octanol–water partition coefficient (Wildman–Crippen LogP) is 4.96. The van der Waals surface area contributed by atoms with Gasteiger partial charge >= 0.3 is 0 Å². The van der Waals surface area contributed by atoms with E-state index in [0.29, 0.717) is 52.8 Å². The number of nitrogens with zero attached hydrogens (tertiary/aromatic N) is 4. The van der Waals surface area contributed by atoms with E-state index in [1.165, 1.54) is 22.7 Å². The van der Waals surface area contributed by atoms with E-state index in [1.807, 2.05) is 36.4 Å². The van der Waals surface area contributed by atoms with E-state index in [-0.39, 0.29) is 18.6 Å². The molecule has 2 unspecified atom stereocenters. The van der Waals surface area contributed by atoms with Gasteiger partial charge < -0.3 is 30.0 Å². The second-order valence-electron chi connectivity index (χ2n) is 10.5. The van der Waals surface area contributed by atoms with Gasteiger partial charge in [0.2, 0.25) is 24.5 Å². The summed E-state index contributed by atoms with van der Waals surface area (Å²) in [5.41, 5.74) is 8.71. The zero-order chi connectivity index (χ0) is 30.3. The van der Waals surface area contributed by atoms with Crippen LogP contribution >= 0.6 is 22.7 Å². The SMILES string of the molecule is COc1ncccc1Cc1cnc(NC(=O)C2(c3ccc4c(c3)OCO4)CC2c2ccnc(OC)c2Cc2cnc(N)s2)s1. The van der Waals surface area contributed by atoms with Crippen LogP contribution in [0.15, 0.2) is 61.2 Å². The number of nitrogen functional groups attached to an aromatic ring is 1. The van der Waals surface area contributed by atoms with Gasteiger partial charge in [-0.1, -0.05) is 12.1 Å². The number of nitrogens with two attached hydrogens (primary N) is 1. The van der Waals surface area contributed by atoms with Crippen molar-refractivity contribution in [1.29, 1.82) is 0 Å². The quantitative estimate of drug-likeness (QED) is 0.218. The van der Waals surface area contributed by atoms with Crippen LogP contribution < -0.4 is 30.0 Å². The topological polar surface area (TPSA) is 144 Å². The monoisotopic (exact) mass is 628 g/mol. The maximum atomic E-state index is 14.4. The van der Waals surface area contributed by atoms with Gasteiger partial charge in [-0.25, -0.2) is 19.9 Å². The second kappa shape index (κ2) is 11.4. The van der Waals surface area contributed by atoms with Gasteiger partial charge in [0.15, 0.2) is 21.8 Å². The van der Waals surface area contributed by atoms with Crippen LogP contribution in [0.25, 0.3) is 0 Å². The highest BCUT2D eigenvalue weighted by atomic mass is 32.1. The van der Waals surface area contributed by atoms with Gasteiger partial charge in [-0.15, -0.1) is 22.7 Å². The maximum absolute atomic E-state index is 14.4. The van der Waals surface area contributed by atoms with E-state index in [4.69, 9.17) is 24.7 Å². The minimum atomic E-state index is -0.882. The number of rotatable bonds is 10. The molecule has 5 heterocycles. The summed E-state index contributed by atoms with van der Waals surface area (Å²) >= 11 is 2.85. The number of fused-ring (bicyclic) bond motifs is 1. The first kappa shape index (κ1) is 28.0. The van der Waals surface area contributed by atoms with Crippen molar-refractivity contribution >= 4 is 38.8 Å². The maximum Gasteiger partial charge on any atom is 0.237 e. The molecule has 3 N–H and O–H groups in total. The molecule has 0 saturated heterocycles.